The zero-order valence-corrected chi connectivity index (χ0v) is 26.8. The summed E-state index contributed by atoms with van der Waals surface area (Å²) in [5, 5.41) is 6.49. The van der Waals surface area contributed by atoms with E-state index in [1.165, 1.54) is 0 Å². The zero-order valence-electron chi connectivity index (χ0n) is 26.8. The van der Waals surface area contributed by atoms with Gasteiger partial charge in [0.25, 0.3) is 5.91 Å². The third-order valence-electron chi connectivity index (χ3n) is 9.98. The van der Waals surface area contributed by atoms with Gasteiger partial charge in [0.1, 0.15) is 0 Å². The van der Waals surface area contributed by atoms with Gasteiger partial charge in [0.05, 0.1) is 0 Å². The molecule has 0 aliphatic carbocycles. The van der Waals surface area contributed by atoms with Gasteiger partial charge >= 0.3 is 12.1 Å². The van der Waals surface area contributed by atoms with Gasteiger partial charge in [-0.2, -0.15) is 0 Å². The first-order valence-electron chi connectivity index (χ1n) is 16.8. The molecule has 2 aromatic rings. The molecule has 4 aliphatic heterocycles. The Labute approximate surface area is 267 Å². The average Bonchev–Trinajstić information content (AvgIpc) is 3.22. The molecular weight excluding hydrogens is 568 g/mol. The van der Waals surface area contributed by atoms with Crippen molar-refractivity contribution in [2.24, 2.45) is 0 Å². The van der Waals surface area contributed by atoms with Gasteiger partial charge in [-0.25, -0.2) is 9.59 Å². The van der Waals surface area contributed by atoms with Crippen LogP contribution in [0.1, 0.15) is 47.9 Å². The summed E-state index contributed by atoms with van der Waals surface area (Å²) in [6, 6.07) is 14.7. The number of carbonyl (C=O) groups is 3. The molecule has 2 aromatic carbocycles. The summed E-state index contributed by atoms with van der Waals surface area (Å²) in [6.45, 7) is 10.8. The number of aryl methyl sites for hydroxylation is 2. The SMILES string of the molecule is Cc1cc(C)cc(CC(OC(=O)N2CCC(N3CCc4ccccc4NC3=O)CC2)C(=O)N2CCN(C3CCNCC3)CC2)c1. The lowest BCUT2D eigenvalue weighted by atomic mass is 10.0. The number of nitrogens with zero attached hydrogens (tertiary/aromatic N) is 4. The fourth-order valence-electron chi connectivity index (χ4n) is 7.56. The summed E-state index contributed by atoms with van der Waals surface area (Å²) in [7, 11) is 0. The number of urea groups is 1. The number of hydrogen-bond donors (Lipinski definition) is 2. The van der Waals surface area contributed by atoms with E-state index in [0.29, 0.717) is 58.0 Å². The molecule has 0 spiro atoms. The van der Waals surface area contributed by atoms with Crippen LogP contribution in [-0.4, -0.2) is 115 Å². The lowest BCUT2D eigenvalue weighted by Gasteiger charge is -2.41. The second-order valence-electron chi connectivity index (χ2n) is 13.2. The summed E-state index contributed by atoms with van der Waals surface area (Å²) in [4.78, 5) is 48.6. The smallest absolute Gasteiger partial charge is 0.410 e. The molecule has 10 nitrogen and oxygen atoms in total. The van der Waals surface area contributed by atoms with Crippen LogP contribution < -0.4 is 10.6 Å². The van der Waals surface area contributed by atoms with Gasteiger partial charge in [-0.3, -0.25) is 9.69 Å². The molecule has 0 bridgehead atoms. The molecule has 2 N–H and O–H groups in total. The Morgan fingerprint density at radius 3 is 2.24 bits per heavy atom. The number of carbonyl (C=O) groups excluding carboxylic acids is 3. The molecule has 3 saturated heterocycles. The Kier molecular flexibility index (Phi) is 9.90. The molecule has 4 aliphatic rings. The van der Waals surface area contributed by atoms with Crippen molar-refractivity contribution in [1.82, 2.24) is 24.9 Å². The van der Waals surface area contributed by atoms with E-state index in [0.717, 1.165) is 73.4 Å². The number of fused-ring (bicyclic) bond motifs is 1. The van der Waals surface area contributed by atoms with Crippen molar-refractivity contribution < 1.29 is 19.1 Å². The molecule has 0 aromatic heterocycles. The molecule has 242 valence electrons. The van der Waals surface area contributed by atoms with Crippen molar-refractivity contribution >= 4 is 23.7 Å². The highest BCUT2D eigenvalue weighted by Crippen LogP contribution is 2.25. The molecule has 0 saturated carbocycles. The maximum Gasteiger partial charge on any atom is 0.410 e. The van der Waals surface area contributed by atoms with E-state index in [1.807, 2.05) is 41.8 Å². The van der Waals surface area contributed by atoms with Gasteiger partial charge in [0.2, 0.25) is 0 Å². The number of nitrogens with one attached hydrogen (secondary N) is 2. The predicted octanol–water partition coefficient (Wildman–Crippen LogP) is 3.80. The first-order chi connectivity index (χ1) is 21.8. The standard InChI is InChI=1S/C35H48N6O4/c1-25-21-26(2)23-27(22-25)24-32(33(42)39-19-17-38(18-20-39)29-7-12-36-13-8-29)45-35(44)40-14-10-30(11-15-40)41-16-9-28-5-3-4-6-31(28)37-34(41)43/h3-6,21-23,29-30,32,36H,7-20,24H2,1-2H3,(H,37,43). The highest BCUT2D eigenvalue weighted by atomic mass is 16.6. The molecular formula is C35H48N6O4. The fourth-order valence-corrected chi connectivity index (χ4v) is 7.56. The minimum atomic E-state index is -0.878. The molecule has 3 fully saturated rings. The molecule has 1 unspecified atom stereocenters. The van der Waals surface area contributed by atoms with E-state index in [-0.39, 0.29) is 18.0 Å². The number of amides is 4. The van der Waals surface area contributed by atoms with Crippen LogP contribution in [0.3, 0.4) is 0 Å². The number of ether oxygens (including phenoxy) is 1. The molecule has 1 atom stereocenters. The van der Waals surface area contributed by atoms with E-state index >= 15 is 0 Å². The molecule has 6 rings (SSSR count). The van der Waals surface area contributed by atoms with Crippen molar-refractivity contribution in [2.75, 3.05) is 64.2 Å². The van der Waals surface area contributed by atoms with Crippen LogP contribution in [0, 0.1) is 13.8 Å². The second-order valence-corrected chi connectivity index (χ2v) is 13.2. The number of para-hydroxylation sites is 1. The molecule has 4 amide bonds. The Morgan fingerprint density at radius 1 is 0.844 bits per heavy atom. The first kappa shape index (κ1) is 31.4. The van der Waals surface area contributed by atoms with Gasteiger partial charge in [-0.05, 0) is 76.2 Å². The number of benzene rings is 2. The topological polar surface area (TPSA) is 97.5 Å². The minimum Gasteiger partial charge on any atom is -0.436 e. The minimum absolute atomic E-state index is 0.0484. The Bertz CT molecular complexity index is 1340. The third kappa shape index (κ3) is 7.61. The number of anilines is 1. The Morgan fingerprint density at radius 2 is 1.53 bits per heavy atom. The van der Waals surface area contributed by atoms with Crippen molar-refractivity contribution in [1.29, 1.82) is 0 Å². The van der Waals surface area contributed by atoms with Crippen LogP contribution in [0.4, 0.5) is 15.3 Å². The van der Waals surface area contributed by atoms with E-state index in [1.54, 1.807) is 4.90 Å². The van der Waals surface area contributed by atoms with Crippen LogP contribution in [0.5, 0.6) is 0 Å². The Hall–Kier alpha value is -3.63. The number of piperidine rings is 2. The number of hydrogen-bond acceptors (Lipinski definition) is 6. The summed E-state index contributed by atoms with van der Waals surface area (Å²) >= 11 is 0. The van der Waals surface area contributed by atoms with Gasteiger partial charge in [-0.1, -0.05) is 47.5 Å². The second kappa shape index (κ2) is 14.2. The normalized spacial score (nSPS) is 21.1. The van der Waals surface area contributed by atoms with Crippen molar-refractivity contribution in [3.63, 3.8) is 0 Å². The van der Waals surface area contributed by atoms with Gasteiger partial charge < -0.3 is 30.1 Å². The number of likely N-dealkylation sites (tertiary alicyclic amines) is 1. The van der Waals surface area contributed by atoms with E-state index < -0.39 is 12.2 Å². The van der Waals surface area contributed by atoms with E-state index in [4.69, 9.17) is 4.74 Å². The number of piperazine rings is 1. The average molecular weight is 617 g/mol. The van der Waals surface area contributed by atoms with Crippen LogP contribution in [-0.2, 0) is 22.4 Å². The van der Waals surface area contributed by atoms with Gasteiger partial charge in [-0.15, -0.1) is 0 Å². The Balaban J connectivity index is 1.07. The lowest BCUT2D eigenvalue weighted by Crippen LogP contribution is -2.56. The van der Waals surface area contributed by atoms with Gasteiger partial charge in [0.15, 0.2) is 6.10 Å². The van der Waals surface area contributed by atoms with Crippen LogP contribution in [0.25, 0.3) is 0 Å². The monoisotopic (exact) mass is 616 g/mol. The fraction of sp³-hybridized carbons (Fsp3) is 0.571. The summed E-state index contributed by atoms with van der Waals surface area (Å²) in [5.41, 5.74) is 5.26. The number of rotatable bonds is 6. The summed E-state index contributed by atoms with van der Waals surface area (Å²) < 4.78 is 6.08. The highest BCUT2D eigenvalue weighted by Gasteiger charge is 2.36. The molecule has 4 heterocycles. The first-order valence-corrected chi connectivity index (χ1v) is 16.8. The summed E-state index contributed by atoms with van der Waals surface area (Å²) in [5.74, 6) is -0.108. The third-order valence-corrected chi connectivity index (χ3v) is 9.98. The summed E-state index contributed by atoms with van der Waals surface area (Å²) in [6.07, 6.45) is 3.47. The van der Waals surface area contributed by atoms with E-state index in [9.17, 15) is 14.4 Å². The van der Waals surface area contributed by atoms with Crippen molar-refractivity contribution in [3.05, 3.63) is 64.7 Å². The molecule has 45 heavy (non-hydrogen) atoms. The zero-order chi connectivity index (χ0) is 31.3. The molecule has 10 heteroatoms. The largest absolute Gasteiger partial charge is 0.436 e. The highest BCUT2D eigenvalue weighted by molar-refractivity contribution is 5.91. The maximum atomic E-state index is 13.9. The quantitative estimate of drug-likeness (QED) is 0.513. The van der Waals surface area contributed by atoms with E-state index in [2.05, 4.69) is 39.8 Å². The predicted molar refractivity (Wildman–Crippen MR) is 174 cm³/mol. The van der Waals surface area contributed by atoms with Crippen LogP contribution >= 0.6 is 0 Å². The maximum absolute atomic E-state index is 13.9. The van der Waals surface area contributed by atoms with Crippen molar-refractivity contribution in [3.8, 4) is 0 Å². The van der Waals surface area contributed by atoms with Gasteiger partial charge in [0, 0.05) is 70.0 Å². The van der Waals surface area contributed by atoms with Crippen LogP contribution in [0.15, 0.2) is 42.5 Å². The molecule has 0 radical (unpaired) electrons. The van der Waals surface area contributed by atoms with Crippen LogP contribution in [0.2, 0.25) is 0 Å². The lowest BCUT2D eigenvalue weighted by molar-refractivity contribution is -0.143. The van der Waals surface area contributed by atoms with Crippen molar-refractivity contribution in [2.45, 2.75) is 70.6 Å².